The summed E-state index contributed by atoms with van der Waals surface area (Å²) in [5.41, 5.74) is 1.12. The van der Waals surface area contributed by atoms with Gasteiger partial charge < -0.3 is 14.7 Å². The Morgan fingerprint density at radius 3 is 3.14 bits per heavy atom. The van der Waals surface area contributed by atoms with Crippen molar-refractivity contribution in [3.63, 3.8) is 0 Å². The summed E-state index contributed by atoms with van der Waals surface area (Å²) in [5.74, 6) is -0.138. The number of carbonyl (C=O) groups excluding carboxylic acids is 1. The lowest BCUT2D eigenvalue weighted by molar-refractivity contribution is -0.0667. The Hall–Kier alpha value is -1.69. The van der Waals surface area contributed by atoms with E-state index in [4.69, 9.17) is 16.3 Å². The number of hydrogen-bond acceptors (Lipinski definition) is 4. The van der Waals surface area contributed by atoms with Gasteiger partial charge >= 0.3 is 0 Å². The first-order valence-electron chi connectivity index (χ1n) is 7.18. The second-order valence-corrected chi connectivity index (χ2v) is 5.91. The van der Waals surface area contributed by atoms with Gasteiger partial charge in [0.2, 0.25) is 0 Å². The number of rotatable bonds is 2. The maximum absolute atomic E-state index is 12.9. The summed E-state index contributed by atoms with van der Waals surface area (Å²) in [6.45, 7) is 2.58. The van der Waals surface area contributed by atoms with Gasteiger partial charge in [-0.05, 0) is 25.1 Å². The molecule has 0 bridgehead atoms. The first-order chi connectivity index (χ1) is 10.6. The van der Waals surface area contributed by atoms with Gasteiger partial charge in [-0.2, -0.15) is 0 Å². The summed E-state index contributed by atoms with van der Waals surface area (Å²) in [6, 6.07) is 7.07. The molecule has 3 rings (SSSR count). The van der Waals surface area contributed by atoms with Gasteiger partial charge in [0, 0.05) is 23.2 Å². The van der Waals surface area contributed by atoms with Crippen molar-refractivity contribution in [3.05, 3.63) is 41.0 Å². The first kappa shape index (κ1) is 15.2. The Bertz CT molecular complexity index is 707. The molecule has 6 heteroatoms. The van der Waals surface area contributed by atoms with Crippen LogP contribution in [0.2, 0.25) is 5.02 Å². The molecular weight excluding hydrogens is 304 g/mol. The van der Waals surface area contributed by atoms with Crippen molar-refractivity contribution in [3.8, 4) is 0 Å². The Balaban J connectivity index is 2.01. The van der Waals surface area contributed by atoms with Crippen LogP contribution < -0.4 is 0 Å². The van der Waals surface area contributed by atoms with Gasteiger partial charge in [-0.25, -0.2) is 0 Å². The third-order valence-electron chi connectivity index (χ3n) is 3.87. The van der Waals surface area contributed by atoms with Crippen molar-refractivity contribution in [2.24, 2.45) is 0 Å². The van der Waals surface area contributed by atoms with Crippen LogP contribution in [0, 0.1) is 0 Å². The lowest BCUT2D eigenvalue weighted by Crippen LogP contribution is -2.52. The van der Waals surface area contributed by atoms with Crippen molar-refractivity contribution >= 4 is 28.4 Å². The number of benzene rings is 1. The molecule has 1 N–H and O–H groups in total. The maximum Gasteiger partial charge on any atom is 0.256 e. The molecule has 0 saturated carbocycles. The average Bonchev–Trinajstić information content (AvgIpc) is 2.54. The largest absolute Gasteiger partial charge is 0.394 e. The Morgan fingerprint density at radius 2 is 2.36 bits per heavy atom. The van der Waals surface area contributed by atoms with E-state index < -0.39 is 0 Å². The summed E-state index contributed by atoms with van der Waals surface area (Å²) in [5, 5.41) is 10.6. The normalized spacial score (nSPS) is 22.0. The van der Waals surface area contributed by atoms with E-state index in [9.17, 15) is 9.90 Å². The third-order valence-corrected chi connectivity index (χ3v) is 4.09. The van der Waals surface area contributed by atoms with Crippen molar-refractivity contribution in [1.29, 1.82) is 0 Å². The topological polar surface area (TPSA) is 62.7 Å². The lowest BCUT2D eigenvalue weighted by atomic mass is 10.1. The Labute approximate surface area is 133 Å². The predicted octanol–water partition coefficient (Wildman–Crippen LogP) is 2.11. The van der Waals surface area contributed by atoms with Crippen molar-refractivity contribution in [2.45, 2.75) is 19.1 Å². The number of morpholine rings is 1. The average molecular weight is 321 g/mol. The molecule has 1 amide bonds. The Morgan fingerprint density at radius 1 is 1.55 bits per heavy atom. The molecule has 1 fully saturated rings. The standard InChI is InChI=1S/C16H17ClN2O3/c1-10-9-22-13(8-20)7-19(10)16(21)14-6-12(17)5-11-3-2-4-18-15(11)14/h2-6,10,13,20H,7-9H2,1H3. The highest BCUT2D eigenvalue weighted by Crippen LogP contribution is 2.25. The number of pyridine rings is 1. The van der Waals surface area contributed by atoms with Crippen LogP contribution in [0.1, 0.15) is 17.3 Å². The predicted molar refractivity (Wildman–Crippen MR) is 84.1 cm³/mol. The summed E-state index contributed by atoms with van der Waals surface area (Å²) in [6.07, 6.45) is 1.31. The summed E-state index contributed by atoms with van der Waals surface area (Å²) >= 11 is 6.14. The number of ether oxygens (including phenoxy) is 1. The van der Waals surface area contributed by atoms with Gasteiger partial charge in [0.15, 0.2) is 0 Å². The minimum atomic E-state index is -0.349. The molecule has 116 valence electrons. The number of hydrogen-bond donors (Lipinski definition) is 1. The van der Waals surface area contributed by atoms with Crippen LogP contribution in [0.3, 0.4) is 0 Å². The fraction of sp³-hybridized carbons (Fsp3) is 0.375. The third kappa shape index (κ3) is 2.79. The quantitative estimate of drug-likeness (QED) is 0.920. The fourth-order valence-corrected chi connectivity index (χ4v) is 2.91. The molecule has 0 spiro atoms. The number of aliphatic hydroxyl groups is 1. The van der Waals surface area contributed by atoms with E-state index >= 15 is 0 Å². The number of fused-ring (bicyclic) bond motifs is 1. The van der Waals surface area contributed by atoms with E-state index in [1.165, 1.54) is 0 Å². The smallest absolute Gasteiger partial charge is 0.256 e. The van der Waals surface area contributed by atoms with Gasteiger partial charge in [-0.1, -0.05) is 17.7 Å². The number of nitrogens with zero attached hydrogens (tertiary/aromatic N) is 2. The molecule has 1 aliphatic heterocycles. The minimum Gasteiger partial charge on any atom is -0.394 e. The molecule has 1 aliphatic rings. The SMILES string of the molecule is CC1COC(CO)CN1C(=O)c1cc(Cl)cc2cccnc12. The molecule has 0 aliphatic carbocycles. The highest BCUT2D eigenvalue weighted by Gasteiger charge is 2.31. The van der Waals surface area contributed by atoms with Gasteiger partial charge in [-0.15, -0.1) is 0 Å². The van der Waals surface area contributed by atoms with Gasteiger partial charge in [-0.3, -0.25) is 9.78 Å². The van der Waals surface area contributed by atoms with E-state index in [0.29, 0.717) is 29.3 Å². The van der Waals surface area contributed by atoms with Crippen molar-refractivity contribution in [1.82, 2.24) is 9.88 Å². The number of aromatic nitrogens is 1. The molecule has 1 aromatic carbocycles. The van der Waals surface area contributed by atoms with E-state index in [0.717, 1.165) is 5.39 Å². The first-order valence-corrected chi connectivity index (χ1v) is 7.55. The van der Waals surface area contributed by atoms with E-state index in [1.54, 1.807) is 23.2 Å². The molecule has 1 saturated heterocycles. The fourth-order valence-electron chi connectivity index (χ4n) is 2.68. The van der Waals surface area contributed by atoms with E-state index in [-0.39, 0.29) is 24.7 Å². The maximum atomic E-state index is 12.9. The van der Waals surface area contributed by atoms with Crippen molar-refractivity contribution < 1.29 is 14.6 Å². The Kier molecular flexibility index (Phi) is 4.29. The van der Waals surface area contributed by atoms with Crippen LogP contribution in [0.4, 0.5) is 0 Å². The summed E-state index contributed by atoms with van der Waals surface area (Å²) in [7, 11) is 0. The van der Waals surface area contributed by atoms with Crippen LogP contribution >= 0.6 is 11.6 Å². The number of halogens is 1. The van der Waals surface area contributed by atoms with Crippen molar-refractivity contribution in [2.75, 3.05) is 19.8 Å². The molecule has 2 atom stereocenters. The molecule has 2 unspecified atom stereocenters. The van der Waals surface area contributed by atoms with Gasteiger partial charge in [0.25, 0.3) is 5.91 Å². The zero-order valence-electron chi connectivity index (χ0n) is 12.2. The van der Waals surface area contributed by atoms with Gasteiger partial charge in [0.1, 0.15) is 0 Å². The molecule has 2 heterocycles. The second-order valence-electron chi connectivity index (χ2n) is 5.47. The molecule has 1 aromatic heterocycles. The minimum absolute atomic E-state index is 0.0620. The van der Waals surface area contributed by atoms with Crippen LogP contribution in [0.15, 0.2) is 30.5 Å². The van der Waals surface area contributed by atoms with E-state index in [2.05, 4.69) is 4.98 Å². The van der Waals surface area contributed by atoms with Crippen LogP contribution in [-0.2, 0) is 4.74 Å². The zero-order valence-corrected chi connectivity index (χ0v) is 13.0. The second kappa shape index (κ2) is 6.20. The molecule has 0 radical (unpaired) electrons. The highest BCUT2D eigenvalue weighted by molar-refractivity contribution is 6.32. The molecule has 2 aromatic rings. The zero-order chi connectivity index (χ0) is 15.7. The monoisotopic (exact) mass is 320 g/mol. The van der Waals surface area contributed by atoms with Gasteiger partial charge in [0.05, 0.1) is 36.4 Å². The number of carbonyl (C=O) groups is 1. The van der Waals surface area contributed by atoms with E-state index in [1.807, 2.05) is 19.1 Å². The number of amides is 1. The highest BCUT2D eigenvalue weighted by atomic mass is 35.5. The van der Waals surface area contributed by atoms with Crippen LogP contribution in [0.25, 0.3) is 10.9 Å². The summed E-state index contributed by atoms with van der Waals surface area (Å²) < 4.78 is 5.48. The summed E-state index contributed by atoms with van der Waals surface area (Å²) in [4.78, 5) is 19.0. The molecule has 5 nitrogen and oxygen atoms in total. The molecular formula is C16H17ClN2O3. The lowest BCUT2D eigenvalue weighted by Gasteiger charge is -2.37. The molecule has 22 heavy (non-hydrogen) atoms. The van der Waals surface area contributed by atoms with Crippen LogP contribution in [-0.4, -0.2) is 52.8 Å². The van der Waals surface area contributed by atoms with Crippen LogP contribution in [0.5, 0.6) is 0 Å². The number of aliphatic hydroxyl groups excluding tert-OH is 1.